The number of hydrogen-bond acceptors (Lipinski definition) is 4. The summed E-state index contributed by atoms with van der Waals surface area (Å²) >= 11 is 0. The van der Waals surface area contributed by atoms with Crippen molar-refractivity contribution in [3.63, 3.8) is 0 Å². The predicted octanol–water partition coefficient (Wildman–Crippen LogP) is 3.73. The van der Waals surface area contributed by atoms with Gasteiger partial charge < -0.3 is 20.9 Å². The lowest BCUT2D eigenvalue weighted by atomic mass is 9.90. The van der Waals surface area contributed by atoms with Gasteiger partial charge in [-0.2, -0.15) is 0 Å². The third kappa shape index (κ3) is 6.81. The molecule has 1 aromatic carbocycles. The first-order chi connectivity index (χ1) is 14.6. The first-order valence-corrected chi connectivity index (χ1v) is 10.7. The second kappa shape index (κ2) is 12.5. The molecule has 0 bridgehead atoms. The van der Waals surface area contributed by atoms with E-state index in [0.717, 1.165) is 48.2 Å². The molecule has 1 aliphatic rings. The number of pyridine rings is 1. The van der Waals surface area contributed by atoms with Gasteiger partial charge in [0.2, 0.25) is 5.91 Å². The number of aliphatic imine (C=N–C) groups is 1. The number of amides is 1. The Morgan fingerprint density at radius 3 is 2.61 bits per heavy atom. The molecule has 0 saturated heterocycles. The summed E-state index contributed by atoms with van der Waals surface area (Å²) in [6, 6.07) is 12.1. The number of benzene rings is 1. The maximum atomic E-state index is 12.0. The van der Waals surface area contributed by atoms with Gasteiger partial charge in [0.25, 0.3) is 0 Å². The van der Waals surface area contributed by atoms with Crippen molar-refractivity contribution in [3.8, 4) is 0 Å². The first kappa shape index (κ1) is 24.9. The van der Waals surface area contributed by atoms with Crippen LogP contribution >= 0.6 is 24.0 Å². The highest BCUT2D eigenvalue weighted by Gasteiger charge is 2.24. The number of carbonyl (C=O) groups excluding carboxylic acids is 1. The molecule has 0 fully saturated rings. The molecule has 2 aromatic rings. The molecule has 3 rings (SSSR count). The molecule has 0 spiro atoms. The molecule has 1 unspecified atom stereocenters. The monoisotopic (exact) mass is 536 g/mol. The quantitative estimate of drug-likeness (QED) is 0.272. The number of nitrogens with one attached hydrogen (secondary N) is 3. The SMILES string of the molecule is CCNC(=NCc1ccc(N(CC)CC)nc1)NCC1CC(=O)Nc2ccccc21.I. The zero-order valence-corrected chi connectivity index (χ0v) is 20.8. The molecule has 2 heterocycles. The van der Waals surface area contributed by atoms with E-state index >= 15 is 0 Å². The van der Waals surface area contributed by atoms with E-state index in [0.29, 0.717) is 19.5 Å². The second-order valence-corrected chi connectivity index (χ2v) is 7.31. The van der Waals surface area contributed by atoms with Gasteiger partial charge in [-0.3, -0.25) is 4.79 Å². The Hall–Kier alpha value is -2.36. The van der Waals surface area contributed by atoms with E-state index in [-0.39, 0.29) is 35.8 Å². The van der Waals surface area contributed by atoms with E-state index in [1.54, 1.807) is 0 Å². The van der Waals surface area contributed by atoms with Gasteiger partial charge in [0.05, 0.1) is 6.54 Å². The van der Waals surface area contributed by atoms with Gasteiger partial charge in [-0.25, -0.2) is 9.98 Å². The predicted molar refractivity (Wildman–Crippen MR) is 138 cm³/mol. The molecule has 0 saturated carbocycles. The third-order valence-electron chi connectivity index (χ3n) is 5.28. The van der Waals surface area contributed by atoms with E-state index in [1.165, 1.54) is 0 Å². The summed E-state index contributed by atoms with van der Waals surface area (Å²) in [4.78, 5) is 23.5. The van der Waals surface area contributed by atoms with E-state index in [1.807, 2.05) is 31.3 Å². The van der Waals surface area contributed by atoms with Crippen molar-refractivity contribution in [2.75, 3.05) is 36.4 Å². The van der Waals surface area contributed by atoms with Crippen molar-refractivity contribution in [1.82, 2.24) is 15.6 Å². The molecule has 1 aromatic heterocycles. The first-order valence-electron chi connectivity index (χ1n) is 10.7. The summed E-state index contributed by atoms with van der Waals surface area (Å²) in [5.74, 6) is 1.91. The molecule has 0 aliphatic carbocycles. The Labute approximate surface area is 202 Å². The van der Waals surface area contributed by atoms with E-state index < -0.39 is 0 Å². The van der Waals surface area contributed by atoms with E-state index in [2.05, 4.69) is 57.9 Å². The number of guanidine groups is 1. The molecule has 31 heavy (non-hydrogen) atoms. The van der Waals surface area contributed by atoms with Crippen molar-refractivity contribution in [2.45, 2.75) is 39.7 Å². The maximum absolute atomic E-state index is 12.0. The largest absolute Gasteiger partial charge is 0.357 e. The van der Waals surface area contributed by atoms with Crippen LogP contribution in [-0.2, 0) is 11.3 Å². The Morgan fingerprint density at radius 2 is 1.94 bits per heavy atom. The highest BCUT2D eigenvalue weighted by atomic mass is 127. The molecule has 1 aliphatic heterocycles. The Morgan fingerprint density at radius 1 is 1.16 bits per heavy atom. The van der Waals surface area contributed by atoms with Crippen molar-refractivity contribution in [2.24, 2.45) is 4.99 Å². The fourth-order valence-corrected chi connectivity index (χ4v) is 3.66. The summed E-state index contributed by atoms with van der Waals surface area (Å²) in [5.41, 5.74) is 3.13. The average molecular weight is 536 g/mol. The average Bonchev–Trinajstić information content (AvgIpc) is 2.77. The smallest absolute Gasteiger partial charge is 0.225 e. The molecular formula is C23H33IN6O. The topological polar surface area (TPSA) is 81.7 Å². The van der Waals surface area contributed by atoms with Gasteiger partial charge in [0.15, 0.2) is 5.96 Å². The number of anilines is 2. The zero-order chi connectivity index (χ0) is 21.3. The van der Waals surface area contributed by atoms with Crippen LogP contribution in [0.15, 0.2) is 47.6 Å². The van der Waals surface area contributed by atoms with Crippen LogP contribution in [0.2, 0.25) is 0 Å². The lowest BCUT2D eigenvalue weighted by molar-refractivity contribution is -0.116. The Bertz CT molecular complexity index is 867. The van der Waals surface area contributed by atoms with Crippen molar-refractivity contribution in [3.05, 3.63) is 53.7 Å². The second-order valence-electron chi connectivity index (χ2n) is 7.31. The molecule has 1 amide bonds. The van der Waals surface area contributed by atoms with Gasteiger partial charge in [-0.1, -0.05) is 24.3 Å². The lowest BCUT2D eigenvalue weighted by Crippen LogP contribution is -2.40. The van der Waals surface area contributed by atoms with Crippen molar-refractivity contribution in [1.29, 1.82) is 0 Å². The normalized spacial score (nSPS) is 15.4. The fourth-order valence-electron chi connectivity index (χ4n) is 3.66. The molecule has 1 atom stereocenters. The molecule has 8 heteroatoms. The summed E-state index contributed by atoms with van der Waals surface area (Å²) < 4.78 is 0. The van der Waals surface area contributed by atoms with Crippen molar-refractivity contribution >= 4 is 47.3 Å². The van der Waals surface area contributed by atoms with Crippen LogP contribution in [0.4, 0.5) is 11.5 Å². The van der Waals surface area contributed by atoms with Gasteiger partial charge in [0.1, 0.15) is 5.82 Å². The van der Waals surface area contributed by atoms with Crippen LogP contribution < -0.4 is 20.9 Å². The number of rotatable bonds is 8. The Balaban J connectivity index is 0.00000341. The molecule has 7 nitrogen and oxygen atoms in total. The summed E-state index contributed by atoms with van der Waals surface area (Å²) in [7, 11) is 0. The minimum atomic E-state index is 0. The molecule has 168 valence electrons. The van der Waals surface area contributed by atoms with Crippen LogP contribution in [0.3, 0.4) is 0 Å². The molecule has 3 N–H and O–H groups in total. The number of nitrogens with zero attached hydrogens (tertiary/aromatic N) is 3. The van der Waals surface area contributed by atoms with E-state index in [9.17, 15) is 4.79 Å². The van der Waals surface area contributed by atoms with Gasteiger partial charge >= 0.3 is 0 Å². The number of fused-ring (bicyclic) bond motifs is 1. The highest BCUT2D eigenvalue weighted by molar-refractivity contribution is 14.0. The van der Waals surface area contributed by atoms with Crippen LogP contribution in [0.1, 0.15) is 44.2 Å². The molecule has 0 radical (unpaired) electrons. The minimum Gasteiger partial charge on any atom is -0.357 e. The van der Waals surface area contributed by atoms with Crippen molar-refractivity contribution < 1.29 is 4.79 Å². The highest BCUT2D eigenvalue weighted by Crippen LogP contribution is 2.31. The van der Waals surface area contributed by atoms with Crippen LogP contribution in [0.25, 0.3) is 0 Å². The Kier molecular flexibility index (Phi) is 10.0. The number of halogens is 1. The van der Waals surface area contributed by atoms with E-state index in [4.69, 9.17) is 4.99 Å². The van der Waals surface area contributed by atoms with Gasteiger partial charge in [-0.15, -0.1) is 24.0 Å². The summed E-state index contributed by atoms with van der Waals surface area (Å²) in [6.07, 6.45) is 2.36. The third-order valence-corrected chi connectivity index (χ3v) is 5.28. The zero-order valence-electron chi connectivity index (χ0n) is 18.5. The van der Waals surface area contributed by atoms with Crippen LogP contribution in [0, 0.1) is 0 Å². The van der Waals surface area contributed by atoms with Gasteiger partial charge in [-0.05, 0) is 44.0 Å². The number of para-hydroxylation sites is 1. The van der Waals surface area contributed by atoms with Gasteiger partial charge in [0, 0.05) is 50.4 Å². The van der Waals surface area contributed by atoms with Crippen LogP contribution in [-0.4, -0.2) is 43.0 Å². The number of carbonyl (C=O) groups is 1. The standard InChI is InChI=1S/C23H32N6O.HI/c1-4-24-23(26-15-17-11-12-21(25-14-17)29(5-2)6-3)27-16-18-13-22(30)28-20-10-8-7-9-19(18)20;/h7-12,14,18H,4-6,13,15-16H2,1-3H3,(H,28,30)(H2,24,26,27);1H. The lowest BCUT2D eigenvalue weighted by Gasteiger charge is -2.26. The summed E-state index contributed by atoms with van der Waals surface area (Å²) in [5, 5.41) is 9.63. The minimum absolute atomic E-state index is 0. The number of aromatic nitrogens is 1. The van der Waals surface area contributed by atoms with Crippen LogP contribution in [0.5, 0.6) is 0 Å². The fraction of sp³-hybridized carbons (Fsp3) is 0.435. The number of hydrogen-bond donors (Lipinski definition) is 3. The maximum Gasteiger partial charge on any atom is 0.225 e. The summed E-state index contributed by atoms with van der Waals surface area (Å²) in [6.45, 7) is 10.2. The molecular weight excluding hydrogens is 503 g/mol.